The molecule has 0 aliphatic carbocycles. The minimum Gasteiger partial charge on any atom is -0.399 e. The summed E-state index contributed by atoms with van der Waals surface area (Å²) >= 11 is -0.000000000000000222. The number of hydrogen-bond acceptors (Lipinski definition) is 2. The Kier molecular flexibility index (Phi) is 5.51. The van der Waals surface area contributed by atoms with Crippen molar-refractivity contribution in [3.63, 3.8) is 0 Å². The minimum absolute atomic E-state index is 0.000000000000000222. The Bertz CT molecular complexity index is 178. The molecule has 1 aromatic rings. The number of hydrogen-bond donors (Lipinski definition) is 2. The van der Waals surface area contributed by atoms with E-state index in [2.05, 4.69) is 5.14 Å². The van der Waals surface area contributed by atoms with Gasteiger partial charge in [0.2, 0.25) is 0 Å². The highest BCUT2D eigenvalue weighted by Gasteiger charge is 1.72. The molecular formula is C6H9N2OS+. The van der Waals surface area contributed by atoms with Gasteiger partial charge in [-0.05, 0) is 17.3 Å². The molecule has 0 spiro atoms. The van der Waals surface area contributed by atoms with Crippen LogP contribution in [0.25, 0.3) is 0 Å². The predicted molar refractivity (Wildman–Crippen MR) is 43.1 cm³/mol. The van der Waals surface area contributed by atoms with Gasteiger partial charge in [-0.15, -0.1) is 0 Å². The maximum atomic E-state index is 8.62. The Morgan fingerprint density at radius 2 is 1.60 bits per heavy atom. The van der Waals surface area contributed by atoms with E-state index < -0.39 is 0 Å². The maximum Gasteiger partial charge on any atom is 0.584 e. The van der Waals surface area contributed by atoms with Crippen molar-refractivity contribution in [3.8, 4) is 0 Å². The molecule has 0 aliphatic heterocycles. The summed E-state index contributed by atoms with van der Waals surface area (Å²) in [4.78, 5) is 0. The summed E-state index contributed by atoms with van der Waals surface area (Å²) in [5.41, 5.74) is 6.18. The summed E-state index contributed by atoms with van der Waals surface area (Å²) in [6, 6.07) is 9.49. The second-order valence-electron chi connectivity index (χ2n) is 1.51. The van der Waals surface area contributed by atoms with Gasteiger partial charge in [-0.25, -0.2) is 0 Å². The van der Waals surface area contributed by atoms with E-state index in [-0.39, 0.29) is 11.9 Å². The summed E-state index contributed by atoms with van der Waals surface area (Å²) in [7, 11) is 0. The molecule has 54 valence electrons. The van der Waals surface area contributed by atoms with Gasteiger partial charge in [-0.3, -0.25) is 0 Å². The second-order valence-corrected chi connectivity index (χ2v) is 1.70. The third kappa shape index (κ3) is 5.14. The average molecular weight is 157 g/mol. The fraction of sp³-hybridized carbons (Fsp3) is 0. The molecule has 3 nitrogen and oxygen atoms in total. The molecule has 10 heavy (non-hydrogen) atoms. The SMILES string of the molecule is N[S+]=O.Nc1ccccc1. The Labute approximate surface area is 63.7 Å². The Morgan fingerprint density at radius 3 is 1.80 bits per heavy atom. The minimum atomic E-state index is -0.000000000000000222. The molecule has 0 aliphatic rings. The van der Waals surface area contributed by atoms with E-state index in [1.165, 1.54) is 0 Å². The number of anilines is 1. The van der Waals surface area contributed by atoms with Crippen molar-refractivity contribution in [1.29, 1.82) is 0 Å². The summed E-state index contributed by atoms with van der Waals surface area (Å²) in [5, 5.41) is 4.21. The Hall–Kier alpha value is -1.00. The topological polar surface area (TPSA) is 69.1 Å². The van der Waals surface area contributed by atoms with E-state index >= 15 is 0 Å². The van der Waals surface area contributed by atoms with E-state index in [9.17, 15) is 0 Å². The Balaban J connectivity index is 0.000000236. The van der Waals surface area contributed by atoms with E-state index in [1.54, 1.807) is 0 Å². The molecule has 0 amide bonds. The lowest BCUT2D eigenvalue weighted by Gasteiger charge is -1.83. The number of rotatable bonds is 0. The van der Waals surface area contributed by atoms with Gasteiger partial charge in [-0.2, -0.15) is 0 Å². The van der Waals surface area contributed by atoms with Crippen LogP contribution in [-0.2, 0) is 16.1 Å². The molecule has 1 aromatic carbocycles. The van der Waals surface area contributed by atoms with Crippen LogP contribution in [0.3, 0.4) is 0 Å². The first-order valence-corrected chi connectivity index (χ1v) is 3.41. The molecule has 0 atom stereocenters. The van der Waals surface area contributed by atoms with Gasteiger partial charge in [-0.1, -0.05) is 18.2 Å². The maximum absolute atomic E-state index is 8.62. The van der Waals surface area contributed by atoms with Crippen LogP contribution in [0.2, 0.25) is 0 Å². The smallest absolute Gasteiger partial charge is 0.399 e. The molecule has 4 heteroatoms. The highest BCUT2D eigenvalue weighted by Crippen LogP contribution is 1.95. The van der Waals surface area contributed by atoms with Crippen LogP contribution in [0.4, 0.5) is 5.69 Å². The van der Waals surface area contributed by atoms with Crippen LogP contribution in [0, 0.1) is 0 Å². The summed E-state index contributed by atoms with van der Waals surface area (Å²) in [6.07, 6.45) is 0. The molecule has 0 saturated heterocycles. The van der Waals surface area contributed by atoms with Crippen molar-refractivity contribution < 1.29 is 4.21 Å². The predicted octanol–water partition coefficient (Wildman–Crippen LogP) is 0.557. The van der Waals surface area contributed by atoms with Crippen LogP contribution in [0.5, 0.6) is 0 Å². The second kappa shape index (κ2) is 6.12. The van der Waals surface area contributed by atoms with Gasteiger partial charge < -0.3 is 5.73 Å². The highest BCUT2D eigenvalue weighted by molar-refractivity contribution is 7.62. The molecule has 0 fully saturated rings. The largest absolute Gasteiger partial charge is 0.584 e. The summed E-state index contributed by atoms with van der Waals surface area (Å²) in [5.74, 6) is 0. The zero-order chi connectivity index (χ0) is 7.82. The molecule has 0 bridgehead atoms. The zero-order valence-electron chi connectivity index (χ0n) is 5.36. The molecule has 4 N–H and O–H groups in total. The summed E-state index contributed by atoms with van der Waals surface area (Å²) in [6.45, 7) is 0. The van der Waals surface area contributed by atoms with Crippen molar-refractivity contribution in [2.24, 2.45) is 5.14 Å². The van der Waals surface area contributed by atoms with Crippen LogP contribution in [0.1, 0.15) is 0 Å². The molecule has 1 rings (SSSR count). The number of para-hydroxylation sites is 1. The van der Waals surface area contributed by atoms with Crippen LogP contribution in [-0.4, -0.2) is 0 Å². The van der Waals surface area contributed by atoms with E-state index in [0.717, 1.165) is 5.69 Å². The summed E-state index contributed by atoms with van der Waals surface area (Å²) < 4.78 is 8.62. The fourth-order valence-electron chi connectivity index (χ4n) is 0.453. The van der Waals surface area contributed by atoms with Crippen molar-refractivity contribution in [1.82, 2.24) is 0 Å². The normalized spacial score (nSPS) is 7.30. The van der Waals surface area contributed by atoms with E-state index in [1.807, 2.05) is 30.3 Å². The third-order valence-corrected chi connectivity index (χ3v) is 0.800. The van der Waals surface area contributed by atoms with E-state index in [4.69, 9.17) is 9.94 Å². The molecule has 0 saturated carbocycles. The number of nitrogens with two attached hydrogens (primary N) is 2. The number of benzene rings is 1. The van der Waals surface area contributed by atoms with Crippen LogP contribution < -0.4 is 10.9 Å². The van der Waals surface area contributed by atoms with Crippen molar-refractivity contribution in [3.05, 3.63) is 30.3 Å². The van der Waals surface area contributed by atoms with Gasteiger partial charge in [0.1, 0.15) is 0 Å². The first-order valence-electron chi connectivity index (χ1n) is 2.60. The van der Waals surface area contributed by atoms with Crippen molar-refractivity contribution >= 4 is 17.5 Å². The lowest BCUT2D eigenvalue weighted by atomic mass is 10.3. The monoisotopic (exact) mass is 157 g/mol. The zero-order valence-corrected chi connectivity index (χ0v) is 6.17. The lowest BCUT2D eigenvalue weighted by molar-refractivity contribution is 0.605. The van der Waals surface area contributed by atoms with Gasteiger partial charge in [0.05, 0.1) is 4.21 Å². The number of nitrogen functional groups attached to an aromatic ring is 1. The first-order chi connectivity index (χ1) is 4.81. The van der Waals surface area contributed by atoms with Gasteiger partial charge in [0.15, 0.2) is 0 Å². The van der Waals surface area contributed by atoms with E-state index in [0.29, 0.717) is 0 Å². The molecular weight excluding hydrogens is 148 g/mol. The molecule has 0 radical (unpaired) electrons. The first kappa shape index (κ1) is 9.00. The molecule has 0 unspecified atom stereocenters. The fourth-order valence-corrected chi connectivity index (χ4v) is 0.453. The molecule has 0 heterocycles. The Morgan fingerprint density at radius 1 is 1.20 bits per heavy atom. The lowest BCUT2D eigenvalue weighted by Crippen LogP contribution is -1.79. The van der Waals surface area contributed by atoms with Crippen molar-refractivity contribution in [2.45, 2.75) is 0 Å². The van der Waals surface area contributed by atoms with Crippen molar-refractivity contribution in [2.75, 3.05) is 5.73 Å². The van der Waals surface area contributed by atoms with Gasteiger partial charge >= 0.3 is 11.9 Å². The van der Waals surface area contributed by atoms with Gasteiger partial charge in [0.25, 0.3) is 0 Å². The standard InChI is InChI=1S/C6H7N.H2NOS/c7-6-4-2-1-3-5-6;1-3-2/h1-5H,7H2;(H2,1,2)/q;+1. The van der Waals surface area contributed by atoms with Crippen LogP contribution in [0.15, 0.2) is 30.3 Å². The highest BCUT2D eigenvalue weighted by atomic mass is 32.2. The van der Waals surface area contributed by atoms with Gasteiger partial charge in [0, 0.05) is 5.69 Å². The quantitative estimate of drug-likeness (QED) is 0.328. The molecule has 0 aromatic heterocycles. The average Bonchev–Trinajstić information content (AvgIpc) is 1.91. The van der Waals surface area contributed by atoms with Crippen LogP contribution >= 0.6 is 0 Å². The third-order valence-electron chi connectivity index (χ3n) is 0.800.